The van der Waals surface area contributed by atoms with E-state index in [0.717, 1.165) is 12.8 Å². The Morgan fingerprint density at radius 2 is 2.12 bits per heavy atom. The third-order valence-corrected chi connectivity index (χ3v) is 4.20. The molecule has 2 heterocycles. The largest absolute Gasteiger partial charge is 0.459 e. The first-order valence-corrected chi connectivity index (χ1v) is 7.86. The monoisotopic (exact) mass is 340 g/mol. The quantitative estimate of drug-likeness (QED) is 0.676. The summed E-state index contributed by atoms with van der Waals surface area (Å²) < 4.78 is 5.13. The van der Waals surface area contributed by atoms with Crippen LogP contribution in [0, 0.1) is 21.4 Å². The van der Waals surface area contributed by atoms with Gasteiger partial charge in [-0.1, -0.05) is 0 Å². The average molecular weight is 340 g/mol. The number of likely N-dealkylation sites (tertiary alicyclic amines) is 1. The lowest BCUT2D eigenvalue weighted by Gasteiger charge is -2.32. The van der Waals surface area contributed by atoms with Gasteiger partial charge in [0.1, 0.15) is 11.6 Å². The van der Waals surface area contributed by atoms with Crippen molar-refractivity contribution in [1.29, 1.82) is 5.26 Å². The van der Waals surface area contributed by atoms with Gasteiger partial charge < -0.3 is 14.6 Å². The Bertz CT molecular complexity index is 818. The van der Waals surface area contributed by atoms with Gasteiger partial charge in [-0.05, 0) is 37.1 Å². The van der Waals surface area contributed by atoms with Crippen LogP contribution in [-0.2, 0) is 0 Å². The normalized spacial score (nSPS) is 14.8. The van der Waals surface area contributed by atoms with Crippen molar-refractivity contribution in [2.45, 2.75) is 18.9 Å². The number of furan rings is 1. The number of hydrogen-bond donors (Lipinski definition) is 1. The molecule has 25 heavy (non-hydrogen) atoms. The zero-order valence-electron chi connectivity index (χ0n) is 13.3. The molecule has 0 bridgehead atoms. The maximum Gasteiger partial charge on any atom is 0.289 e. The van der Waals surface area contributed by atoms with Crippen LogP contribution < -0.4 is 5.32 Å². The summed E-state index contributed by atoms with van der Waals surface area (Å²) in [6.07, 6.45) is 2.96. The van der Waals surface area contributed by atoms with E-state index in [2.05, 4.69) is 5.32 Å². The number of piperidine rings is 1. The fraction of sp³-hybridized carbons (Fsp3) is 0.294. The molecule has 0 saturated carbocycles. The summed E-state index contributed by atoms with van der Waals surface area (Å²) in [4.78, 5) is 24.3. The van der Waals surface area contributed by atoms with E-state index in [0.29, 0.717) is 24.5 Å². The van der Waals surface area contributed by atoms with Crippen LogP contribution in [0.25, 0.3) is 0 Å². The van der Waals surface area contributed by atoms with Crippen molar-refractivity contribution in [1.82, 2.24) is 4.90 Å². The molecule has 1 aromatic carbocycles. The van der Waals surface area contributed by atoms with Crippen LogP contribution in [0.2, 0.25) is 0 Å². The number of carbonyl (C=O) groups is 1. The molecule has 0 aliphatic carbocycles. The van der Waals surface area contributed by atoms with E-state index in [1.54, 1.807) is 23.1 Å². The number of nitrogens with one attached hydrogen (secondary N) is 1. The first-order valence-electron chi connectivity index (χ1n) is 7.86. The summed E-state index contributed by atoms with van der Waals surface area (Å²) in [6.45, 7) is 1.19. The molecule has 1 N–H and O–H groups in total. The molecule has 1 aromatic heterocycles. The van der Waals surface area contributed by atoms with Crippen molar-refractivity contribution in [3.05, 3.63) is 58.0 Å². The second-order valence-corrected chi connectivity index (χ2v) is 5.79. The smallest absolute Gasteiger partial charge is 0.289 e. The Morgan fingerprint density at radius 3 is 2.72 bits per heavy atom. The summed E-state index contributed by atoms with van der Waals surface area (Å²) in [6, 6.07) is 9.72. The van der Waals surface area contributed by atoms with Gasteiger partial charge in [0.05, 0.1) is 11.2 Å². The zero-order chi connectivity index (χ0) is 17.8. The van der Waals surface area contributed by atoms with E-state index >= 15 is 0 Å². The second kappa shape index (κ2) is 7.05. The number of nitriles is 1. The molecule has 0 radical (unpaired) electrons. The van der Waals surface area contributed by atoms with Gasteiger partial charge in [-0.3, -0.25) is 14.9 Å². The fourth-order valence-corrected chi connectivity index (χ4v) is 2.89. The maximum atomic E-state index is 12.2. The van der Waals surface area contributed by atoms with Crippen LogP contribution in [0.1, 0.15) is 29.0 Å². The van der Waals surface area contributed by atoms with Gasteiger partial charge in [0.25, 0.3) is 11.6 Å². The highest BCUT2D eigenvalue weighted by Crippen LogP contribution is 2.24. The van der Waals surface area contributed by atoms with E-state index in [9.17, 15) is 14.9 Å². The topological polar surface area (TPSA) is 112 Å². The van der Waals surface area contributed by atoms with Crippen LogP contribution in [0.3, 0.4) is 0 Å². The first kappa shape index (κ1) is 16.5. The van der Waals surface area contributed by atoms with Crippen molar-refractivity contribution < 1.29 is 14.1 Å². The molecule has 3 rings (SSSR count). The number of anilines is 1. The Hall–Kier alpha value is -3.34. The van der Waals surface area contributed by atoms with Gasteiger partial charge in [-0.2, -0.15) is 5.26 Å². The molecule has 1 amide bonds. The minimum atomic E-state index is -0.568. The predicted octanol–water partition coefficient (Wildman–Crippen LogP) is 2.78. The maximum absolute atomic E-state index is 12.2. The standard InChI is InChI=1S/C17H16N4O4/c18-11-12-10-14(3-4-15(12)21(23)24)19-13-5-7-20(8-6-13)17(22)16-2-1-9-25-16/h1-4,9-10,13,19H,5-8H2. The Balaban J connectivity index is 1.60. The summed E-state index contributed by atoms with van der Waals surface area (Å²) in [5, 5.41) is 23.2. The van der Waals surface area contributed by atoms with Gasteiger partial charge >= 0.3 is 0 Å². The zero-order valence-corrected chi connectivity index (χ0v) is 13.3. The molecular weight excluding hydrogens is 324 g/mol. The Kier molecular flexibility index (Phi) is 4.66. The molecule has 1 saturated heterocycles. The summed E-state index contributed by atoms with van der Waals surface area (Å²) >= 11 is 0. The molecule has 0 spiro atoms. The van der Waals surface area contributed by atoms with Gasteiger partial charge in [0, 0.05) is 30.9 Å². The highest BCUT2D eigenvalue weighted by Gasteiger charge is 2.25. The summed E-state index contributed by atoms with van der Waals surface area (Å²) in [5.41, 5.74) is 0.491. The first-order chi connectivity index (χ1) is 12.1. The second-order valence-electron chi connectivity index (χ2n) is 5.79. The number of nitro benzene ring substituents is 1. The molecule has 1 aliphatic rings. The lowest BCUT2D eigenvalue weighted by atomic mass is 10.0. The molecule has 1 aliphatic heterocycles. The van der Waals surface area contributed by atoms with Gasteiger partial charge in [0.15, 0.2) is 5.76 Å². The van der Waals surface area contributed by atoms with Crippen molar-refractivity contribution in [3.8, 4) is 6.07 Å². The number of amides is 1. The highest BCUT2D eigenvalue weighted by atomic mass is 16.6. The molecule has 1 fully saturated rings. The molecule has 0 unspecified atom stereocenters. The van der Waals surface area contributed by atoms with Gasteiger partial charge in [0.2, 0.25) is 0 Å². The van der Waals surface area contributed by atoms with Crippen LogP contribution >= 0.6 is 0 Å². The van der Waals surface area contributed by atoms with Crippen LogP contribution in [-0.4, -0.2) is 34.9 Å². The van der Waals surface area contributed by atoms with Crippen molar-refractivity contribution in [3.63, 3.8) is 0 Å². The molecule has 2 aromatic rings. The Labute approximate surface area is 143 Å². The van der Waals surface area contributed by atoms with E-state index < -0.39 is 4.92 Å². The van der Waals surface area contributed by atoms with E-state index in [-0.39, 0.29) is 23.2 Å². The lowest BCUT2D eigenvalue weighted by molar-refractivity contribution is -0.385. The number of benzene rings is 1. The van der Waals surface area contributed by atoms with Crippen LogP contribution in [0.5, 0.6) is 0 Å². The average Bonchev–Trinajstić information content (AvgIpc) is 3.16. The highest BCUT2D eigenvalue weighted by molar-refractivity contribution is 5.91. The number of nitrogens with zero attached hydrogens (tertiary/aromatic N) is 3. The van der Waals surface area contributed by atoms with Crippen LogP contribution in [0.15, 0.2) is 41.0 Å². The van der Waals surface area contributed by atoms with E-state index in [4.69, 9.17) is 9.68 Å². The molecule has 128 valence electrons. The summed E-state index contributed by atoms with van der Waals surface area (Å²) in [5.74, 6) is 0.214. The number of nitro groups is 1. The van der Waals surface area contributed by atoms with Crippen molar-refractivity contribution >= 4 is 17.3 Å². The molecular formula is C17H16N4O4. The number of carbonyl (C=O) groups excluding carboxylic acids is 1. The molecule has 8 heteroatoms. The van der Waals surface area contributed by atoms with E-state index in [1.807, 2.05) is 6.07 Å². The van der Waals surface area contributed by atoms with Crippen molar-refractivity contribution in [2.24, 2.45) is 0 Å². The third kappa shape index (κ3) is 3.61. The third-order valence-electron chi connectivity index (χ3n) is 4.20. The summed E-state index contributed by atoms with van der Waals surface area (Å²) in [7, 11) is 0. The fourth-order valence-electron chi connectivity index (χ4n) is 2.89. The van der Waals surface area contributed by atoms with Crippen LogP contribution in [0.4, 0.5) is 11.4 Å². The minimum Gasteiger partial charge on any atom is -0.459 e. The molecule has 8 nitrogen and oxygen atoms in total. The van der Waals surface area contributed by atoms with E-state index in [1.165, 1.54) is 18.4 Å². The lowest BCUT2D eigenvalue weighted by Crippen LogP contribution is -2.42. The SMILES string of the molecule is N#Cc1cc(NC2CCN(C(=O)c3ccco3)CC2)ccc1[N+](=O)[O-]. The molecule has 0 atom stereocenters. The van der Waals surface area contributed by atoms with Gasteiger partial charge in [-0.15, -0.1) is 0 Å². The van der Waals surface area contributed by atoms with Crippen molar-refractivity contribution in [2.75, 3.05) is 18.4 Å². The number of hydrogen-bond acceptors (Lipinski definition) is 6. The van der Waals surface area contributed by atoms with Gasteiger partial charge in [-0.25, -0.2) is 0 Å². The predicted molar refractivity (Wildman–Crippen MR) is 89.1 cm³/mol. The minimum absolute atomic E-state index is 0.0282. The number of rotatable bonds is 4. The Morgan fingerprint density at radius 1 is 1.36 bits per heavy atom.